The van der Waals surface area contributed by atoms with Crippen molar-refractivity contribution in [2.45, 2.75) is 12.5 Å². The molecule has 0 fully saturated rings. The van der Waals surface area contributed by atoms with Crippen molar-refractivity contribution in [1.29, 1.82) is 0 Å². The van der Waals surface area contributed by atoms with Crippen LogP contribution in [0.5, 0.6) is 0 Å². The number of nitrogens with one attached hydrogen (secondary N) is 1. The lowest BCUT2D eigenvalue weighted by Gasteiger charge is -2.12. The molecule has 10 heteroatoms. The van der Waals surface area contributed by atoms with Gasteiger partial charge in [0.2, 0.25) is 0 Å². The van der Waals surface area contributed by atoms with Gasteiger partial charge in [0.1, 0.15) is 11.9 Å². The van der Waals surface area contributed by atoms with Crippen molar-refractivity contribution < 1.29 is 33.9 Å². The van der Waals surface area contributed by atoms with Crippen molar-refractivity contribution >= 4 is 23.5 Å². The van der Waals surface area contributed by atoms with Crippen molar-refractivity contribution in [3.63, 3.8) is 0 Å². The first-order valence-corrected chi connectivity index (χ1v) is 5.41. The predicted molar refractivity (Wildman–Crippen MR) is 64.2 cm³/mol. The number of non-ortho nitro benzene ring substituents is 1. The van der Waals surface area contributed by atoms with Crippen molar-refractivity contribution in [2.75, 3.05) is 0 Å². The molecule has 112 valence electrons. The first-order valence-electron chi connectivity index (χ1n) is 5.41. The van der Waals surface area contributed by atoms with Crippen molar-refractivity contribution in [2.24, 2.45) is 0 Å². The van der Waals surface area contributed by atoms with Crippen molar-refractivity contribution in [3.05, 3.63) is 39.7 Å². The fourth-order valence-corrected chi connectivity index (χ4v) is 1.43. The number of carbonyl (C=O) groups is 3. The van der Waals surface area contributed by atoms with Crippen molar-refractivity contribution in [3.8, 4) is 0 Å². The Labute approximate surface area is 116 Å². The molecule has 21 heavy (non-hydrogen) atoms. The fourth-order valence-electron chi connectivity index (χ4n) is 1.43. The van der Waals surface area contributed by atoms with E-state index in [2.05, 4.69) is 0 Å². The number of nitrogens with zero attached hydrogens (tertiary/aromatic N) is 1. The fraction of sp³-hybridized carbons (Fsp3) is 0.182. The third kappa shape index (κ3) is 4.53. The maximum absolute atomic E-state index is 13.2. The average molecular weight is 300 g/mol. The summed E-state index contributed by atoms with van der Waals surface area (Å²) < 4.78 is 13.2. The number of halogens is 1. The summed E-state index contributed by atoms with van der Waals surface area (Å²) in [5, 5.41) is 29.7. The monoisotopic (exact) mass is 300 g/mol. The Balaban J connectivity index is 2.99. The molecule has 0 bridgehead atoms. The minimum absolute atomic E-state index is 0.488. The van der Waals surface area contributed by atoms with E-state index in [9.17, 15) is 28.9 Å². The summed E-state index contributed by atoms with van der Waals surface area (Å²) >= 11 is 0. The van der Waals surface area contributed by atoms with Gasteiger partial charge in [-0.25, -0.2) is 9.18 Å². The molecular formula is C11H9FN2O7. The number of aliphatic carboxylic acids is 2. The standard InChI is InChI=1S/C11H9FN2O7/c12-6-1-5(2-7(3-6)14(20)21)10(17)13-8(11(18)19)4-9(15)16/h1-3,8H,4H2,(H,13,17)(H,15,16)(H,18,19)/t8-/m1/s1. The molecule has 0 aliphatic carbocycles. The summed E-state index contributed by atoms with van der Waals surface area (Å²) in [6, 6.07) is 0.264. The Hall–Kier alpha value is -3.04. The van der Waals surface area contributed by atoms with Gasteiger partial charge in [-0.15, -0.1) is 0 Å². The van der Waals surface area contributed by atoms with Crippen LogP contribution in [-0.4, -0.2) is 39.0 Å². The van der Waals surface area contributed by atoms with Crippen LogP contribution in [0.1, 0.15) is 16.8 Å². The largest absolute Gasteiger partial charge is 0.481 e. The number of carboxylic acid groups (broad SMARTS) is 2. The van der Waals surface area contributed by atoms with Crippen LogP contribution in [-0.2, 0) is 9.59 Å². The number of carboxylic acids is 2. The summed E-state index contributed by atoms with van der Waals surface area (Å²) in [4.78, 5) is 42.6. The second-order valence-electron chi connectivity index (χ2n) is 3.92. The van der Waals surface area contributed by atoms with Gasteiger partial charge in [0, 0.05) is 11.6 Å². The highest BCUT2D eigenvalue weighted by molar-refractivity contribution is 5.97. The van der Waals surface area contributed by atoms with E-state index in [1.807, 2.05) is 5.32 Å². The molecule has 0 radical (unpaired) electrons. The van der Waals surface area contributed by atoms with Crippen LogP contribution >= 0.6 is 0 Å². The molecule has 0 aliphatic rings. The quantitative estimate of drug-likeness (QED) is 0.508. The number of rotatable bonds is 6. The van der Waals surface area contributed by atoms with Gasteiger partial charge in [0.15, 0.2) is 0 Å². The number of nitro groups is 1. The highest BCUT2D eigenvalue weighted by Crippen LogP contribution is 2.16. The SMILES string of the molecule is O=C(O)C[C@@H](NC(=O)c1cc(F)cc([N+](=O)[O-])c1)C(=O)O. The lowest BCUT2D eigenvalue weighted by Crippen LogP contribution is -2.42. The molecular weight excluding hydrogens is 291 g/mol. The van der Waals surface area contributed by atoms with E-state index >= 15 is 0 Å². The average Bonchev–Trinajstić information content (AvgIpc) is 2.36. The molecule has 1 aromatic carbocycles. The van der Waals surface area contributed by atoms with Gasteiger partial charge in [-0.2, -0.15) is 0 Å². The van der Waals surface area contributed by atoms with Gasteiger partial charge in [-0.1, -0.05) is 0 Å². The molecule has 0 saturated heterocycles. The van der Waals surface area contributed by atoms with Crippen LogP contribution in [0, 0.1) is 15.9 Å². The molecule has 3 N–H and O–H groups in total. The van der Waals surface area contributed by atoms with Gasteiger partial charge in [-0.3, -0.25) is 19.7 Å². The highest BCUT2D eigenvalue weighted by atomic mass is 19.1. The van der Waals surface area contributed by atoms with E-state index in [1.165, 1.54) is 0 Å². The van der Waals surface area contributed by atoms with Crippen LogP contribution in [0.15, 0.2) is 18.2 Å². The van der Waals surface area contributed by atoms with Gasteiger partial charge < -0.3 is 15.5 Å². The molecule has 0 unspecified atom stereocenters. The van der Waals surface area contributed by atoms with Crippen LogP contribution < -0.4 is 5.32 Å². The first-order chi connectivity index (χ1) is 9.70. The van der Waals surface area contributed by atoms with Gasteiger partial charge in [-0.05, 0) is 6.07 Å². The zero-order valence-electron chi connectivity index (χ0n) is 10.3. The van der Waals surface area contributed by atoms with E-state index < -0.39 is 52.3 Å². The molecule has 1 aromatic rings. The summed E-state index contributed by atoms with van der Waals surface area (Å²) in [5.74, 6) is -5.25. The summed E-state index contributed by atoms with van der Waals surface area (Å²) in [7, 11) is 0. The predicted octanol–water partition coefficient (Wildman–Crippen LogP) is 0.392. The second kappa shape index (κ2) is 6.41. The van der Waals surface area contributed by atoms with Crippen molar-refractivity contribution in [1.82, 2.24) is 5.32 Å². The summed E-state index contributed by atoms with van der Waals surface area (Å²) in [5.41, 5.74) is -1.18. The third-order valence-electron chi connectivity index (χ3n) is 2.34. The normalized spacial score (nSPS) is 11.5. The molecule has 0 spiro atoms. The van der Waals surface area contributed by atoms with Gasteiger partial charge in [0.05, 0.1) is 17.4 Å². The Kier molecular flexibility index (Phi) is 4.89. The molecule has 1 amide bonds. The summed E-state index contributed by atoms with van der Waals surface area (Å²) in [6.45, 7) is 0. The van der Waals surface area contributed by atoms with E-state index in [0.29, 0.717) is 12.1 Å². The minimum atomic E-state index is -1.74. The lowest BCUT2D eigenvalue weighted by atomic mass is 10.1. The second-order valence-corrected chi connectivity index (χ2v) is 3.92. The van der Waals surface area contributed by atoms with E-state index in [-0.39, 0.29) is 0 Å². The number of hydrogen-bond donors (Lipinski definition) is 3. The zero-order chi connectivity index (χ0) is 16.2. The first kappa shape index (κ1) is 16.0. The molecule has 9 nitrogen and oxygen atoms in total. The number of nitro benzene ring substituents is 1. The molecule has 0 saturated carbocycles. The Morgan fingerprint density at radius 3 is 2.38 bits per heavy atom. The van der Waals surface area contributed by atoms with E-state index in [1.54, 1.807) is 0 Å². The topological polar surface area (TPSA) is 147 Å². The number of amides is 1. The third-order valence-corrected chi connectivity index (χ3v) is 2.34. The lowest BCUT2D eigenvalue weighted by molar-refractivity contribution is -0.385. The van der Waals surface area contributed by atoms with Crippen LogP contribution in [0.25, 0.3) is 0 Å². The summed E-state index contributed by atoms with van der Waals surface area (Å²) in [6.07, 6.45) is -0.890. The van der Waals surface area contributed by atoms with Gasteiger partial charge in [0.25, 0.3) is 11.6 Å². The van der Waals surface area contributed by atoms with Gasteiger partial charge >= 0.3 is 11.9 Å². The van der Waals surface area contributed by atoms with Crippen LogP contribution in [0.3, 0.4) is 0 Å². The maximum atomic E-state index is 13.2. The maximum Gasteiger partial charge on any atom is 0.326 e. The number of hydrogen-bond acceptors (Lipinski definition) is 5. The Bertz CT molecular complexity index is 617. The van der Waals surface area contributed by atoms with Crippen LogP contribution in [0.4, 0.5) is 10.1 Å². The minimum Gasteiger partial charge on any atom is -0.481 e. The molecule has 0 aliphatic heterocycles. The highest BCUT2D eigenvalue weighted by Gasteiger charge is 2.24. The smallest absolute Gasteiger partial charge is 0.326 e. The Morgan fingerprint density at radius 1 is 1.29 bits per heavy atom. The van der Waals surface area contributed by atoms with Crippen LogP contribution in [0.2, 0.25) is 0 Å². The molecule has 1 atom stereocenters. The number of benzene rings is 1. The Morgan fingerprint density at radius 2 is 1.90 bits per heavy atom. The molecule has 1 rings (SSSR count). The molecule has 0 heterocycles. The molecule has 0 aromatic heterocycles. The van der Waals surface area contributed by atoms with E-state index in [0.717, 1.165) is 6.07 Å². The zero-order valence-corrected chi connectivity index (χ0v) is 10.3. The van der Waals surface area contributed by atoms with E-state index in [4.69, 9.17) is 10.2 Å². The number of carbonyl (C=O) groups excluding carboxylic acids is 1.